The molecule has 116 valence electrons. The second kappa shape index (κ2) is 6.31. The highest BCUT2D eigenvalue weighted by Gasteiger charge is 2.35. The first-order valence-corrected chi connectivity index (χ1v) is 8.40. The first-order chi connectivity index (χ1) is 11.0. The highest BCUT2D eigenvalue weighted by Crippen LogP contribution is 2.27. The molecular formula is C15H8BrFN2O2S2. The molecule has 3 rings (SSSR count). The lowest BCUT2D eigenvalue weighted by molar-refractivity contribution is -0.122. The molecule has 0 radical (unpaired) electrons. The van der Waals surface area contributed by atoms with Gasteiger partial charge >= 0.3 is 0 Å². The number of hydrogen-bond acceptors (Lipinski definition) is 4. The van der Waals surface area contributed by atoms with Crippen molar-refractivity contribution in [3.8, 4) is 0 Å². The number of nitrogens with one attached hydrogen (secondary N) is 1. The largest absolute Gasteiger partial charge is 0.298 e. The molecule has 0 aliphatic carbocycles. The van der Waals surface area contributed by atoms with Crippen LogP contribution in [0.2, 0.25) is 0 Å². The van der Waals surface area contributed by atoms with E-state index in [1.807, 2.05) is 6.07 Å². The second-order valence-electron chi connectivity index (χ2n) is 4.55. The van der Waals surface area contributed by atoms with E-state index in [9.17, 15) is 14.0 Å². The Hall–Kier alpha value is -1.90. The lowest BCUT2D eigenvalue weighted by Gasteiger charge is -2.29. The number of rotatable bonds is 2. The summed E-state index contributed by atoms with van der Waals surface area (Å²) in [6, 6.07) is 9.32. The maximum absolute atomic E-state index is 14.0. The third-order valence-electron chi connectivity index (χ3n) is 3.08. The predicted molar refractivity (Wildman–Crippen MR) is 94.6 cm³/mol. The molecule has 8 heteroatoms. The van der Waals surface area contributed by atoms with Crippen LogP contribution in [-0.2, 0) is 9.59 Å². The number of halogens is 2. The van der Waals surface area contributed by atoms with E-state index in [2.05, 4.69) is 21.2 Å². The number of nitrogens with zero attached hydrogens (tertiary/aromatic N) is 1. The van der Waals surface area contributed by atoms with Gasteiger partial charge in [-0.25, -0.2) is 9.29 Å². The Morgan fingerprint density at radius 1 is 1.22 bits per heavy atom. The standard InChI is InChI=1S/C15H8BrFN2O2S2/c16-12-6-5-8(23-12)7-9-13(20)18-15(22)19(14(9)21)11-4-2-1-3-10(11)17/h1-7H,(H,18,20,22)/b9-7+. The van der Waals surface area contributed by atoms with Crippen LogP contribution < -0.4 is 10.2 Å². The molecule has 0 unspecified atom stereocenters. The molecular weight excluding hydrogens is 403 g/mol. The Morgan fingerprint density at radius 2 is 1.96 bits per heavy atom. The maximum Gasteiger partial charge on any atom is 0.270 e. The van der Waals surface area contributed by atoms with Crippen molar-refractivity contribution >= 4 is 68.2 Å². The van der Waals surface area contributed by atoms with Crippen LogP contribution in [0, 0.1) is 5.82 Å². The van der Waals surface area contributed by atoms with Gasteiger partial charge in [0, 0.05) is 4.88 Å². The molecule has 2 aromatic rings. The molecule has 1 N–H and O–H groups in total. The average Bonchev–Trinajstić information content (AvgIpc) is 2.91. The van der Waals surface area contributed by atoms with Crippen LogP contribution in [0.3, 0.4) is 0 Å². The van der Waals surface area contributed by atoms with Crippen LogP contribution in [-0.4, -0.2) is 16.9 Å². The molecule has 1 fully saturated rings. The van der Waals surface area contributed by atoms with E-state index in [0.29, 0.717) is 0 Å². The van der Waals surface area contributed by atoms with E-state index in [-0.39, 0.29) is 16.4 Å². The summed E-state index contributed by atoms with van der Waals surface area (Å²) in [6.45, 7) is 0. The number of thiocarbonyl (C=S) groups is 1. The molecule has 0 atom stereocenters. The van der Waals surface area contributed by atoms with Gasteiger partial charge < -0.3 is 0 Å². The van der Waals surface area contributed by atoms with Crippen LogP contribution in [0.5, 0.6) is 0 Å². The molecule has 0 spiro atoms. The Bertz CT molecular complexity index is 863. The van der Waals surface area contributed by atoms with Gasteiger partial charge in [-0.2, -0.15) is 0 Å². The molecule has 0 saturated carbocycles. The summed E-state index contributed by atoms with van der Waals surface area (Å²) in [6.07, 6.45) is 1.46. The molecule has 1 aliphatic rings. The van der Waals surface area contributed by atoms with E-state index >= 15 is 0 Å². The Balaban J connectivity index is 2.04. The average molecular weight is 411 g/mol. The van der Waals surface area contributed by atoms with Gasteiger partial charge in [0.15, 0.2) is 5.11 Å². The fourth-order valence-electron chi connectivity index (χ4n) is 2.06. The first-order valence-electron chi connectivity index (χ1n) is 6.38. The third kappa shape index (κ3) is 3.10. The van der Waals surface area contributed by atoms with E-state index in [1.165, 1.54) is 35.6 Å². The highest BCUT2D eigenvalue weighted by molar-refractivity contribution is 9.11. The number of hydrogen-bond donors (Lipinski definition) is 1. The Morgan fingerprint density at radius 3 is 2.61 bits per heavy atom. The van der Waals surface area contributed by atoms with E-state index < -0.39 is 17.6 Å². The van der Waals surface area contributed by atoms with Crippen molar-refractivity contribution < 1.29 is 14.0 Å². The minimum absolute atomic E-state index is 0.000704. The topological polar surface area (TPSA) is 49.4 Å². The Labute approximate surface area is 148 Å². The monoisotopic (exact) mass is 410 g/mol. The number of para-hydroxylation sites is 1. The van der Waals surface area contributed by atoms with Gasteiger partial charge in [0.1, 0.15) is 11.4 Å². The van der Waals surface area contributed by atoms with Gasteiger partial charge in [0.2, 0.25) is 0 Å². The minimum Gasteiger partial charge on any atom is -0.298 e. The lowest BCUT2D eigenvalue weighted by atomic mass is 10.1. The predicted octanol–water partition coefficient (Wildman–Crippen LogP) is 3.48. The second-order valence-corrected chi connectivity index (χ2v) is 7.43. The van der Waals surface area contributed by atoms with Crippen LogP contribution in [0.1, 0.15) is 4.88 Å². The van der Waals surface area contributed by atoms with Crippen molar-refractivity contribution in [3.05, 3.63) is 56.5 Å². The quantitative estimate of drug-likeness (QED) is 0.468. The molecule has 23 heavy (non-hydrogen) atoms. The van der Waals surface area contributed by atoms with Gasteiger partial charge in [-0.15, -0.1) is 11.3 Å². The van der Waals surface area contributed by atoms with Gasteiger partial charge in [0.05, 0.1) is 9.47 Å². The first kappa shape index (κ1) is 16.0. The van der Waals surface area contributed by atoms with Gasteiger partial charge in [-0.3, -0.25) is 14.9 Å². The summed E-state index contributed by atoms with van der Waals surface area (Å²) in [4.78, 5) is 26.4. The molecule has 1 aliphatic heterocycles. The minimum atomic E-state index is -0.659. The fourth-order valence-corrected chi connectivity index (χ4v) is 3.70. The zero-order valence-corrected chi connectivity index (χ0v) is 14.6. The summed E-state index contributed by atoms with van der Waals surface area (Å²) in [7, 11) is 0. The van der Waals surface area contributed by atoms with Crippen molar-refractivity contribution in [1.82, 2.24) is 5.32 Å². The van der Waals surface area contributed by atoms with Crippen LogP contribution >= 0.6 is 39.5 Å². The van der Waals surface area contributed by atoms with Gasteiger partial charge in [-0.05, 0) is 58.5 Å². The molecule has 2 heterocycles. The van der Waals surface area contributed by atoms with Gasteiger partial charge in [-0.1, -0.05) is 12.1 Å². The van der Waals surface area contributed by atoms with E-state index in [1.54, 1.807) is 12.1 Å². The fraction of sp³-hybridized carbons (Fsp3) is 0. The molecule has 4 nitrogen and oxygen atoms in total. The summed E-state index contributed by atoms with van der Waals surface area (Å²) in [5.41, 5.74) is -0.100. The summed E-state index contributed by atoms with van der Waals surface area (Å²) in [5.74, 6) is -1.86. The number of carbonyl (C=O) groups is 2. The van der Waals surface area contributed by atoms with Crippen molar-refractivity contribution in [2.24, 2.45) is 0 Å². The van der Waals surface area contributed by atoms with E-state index in [4.69, 9.17) is 12.2 Å². The summed E-state index contributed by atoms with van der Waals surface area (Å²) in [5, 5.41) is 2.27. The van der Waals surface area contributed by atoms with Crippen molar-refractivity contribution in [1.29, 1.82) is 0 Å². The molecule has 1 saturated heterocycles. The zero-order valence-electron chi connectivity index (χ0n) is 11.4. The maximum atomic E-state index is 14.0. The molecule has 1 aromatic heterocycles. The number of benzene rings is 1. The normalized spacial score (nSPS) is 16.9. The Kier molecular flexibility index (Phi) is 4.38. The van der Waals surface area contributed by atoms with Crippen molar-refractivity contribution in [3.63, 3.8) is 0 Å². The molecule has 2 amide bonds. The van der Waals surface area contributed by atoms with Crippen LogP contribution in [0.15, 0.2) is 45.8 Å². The highest BCUT2D eigenvalue weighted by atomic mass is 79.9. The molecule has 1 aromatic carbocycles. The van der Waals surface area contributed by atoms with E-state index in [0.717, 1.165) is 13.6 Å². The third-order valence-corrected chi connectivity index (χ3v) is 4.93. The summed E-state index contributed by atoms with van der Waals surface area (Å²) < 4.78 is 14.9. The number of thiophene rings is 1. The lowest BCUT2D eigenvalue weighted by Crippen LogP contribution is -2.54. The van der Waals surface area contributed by atoms with Crippen LogP contribution in [0.4, 0.5) is 10.1 Å². The number of carbonyl (C=O) groups excluding carboxylic acids is 2. The van der Waals surface area contributed by atoms with Crippen LogP contribution in [0.25, 0.3) is 6.08 Å². The van der Waals surface area contributed by atoms with Gasteiger partial charge in [0.25, 0.3) is 11.8 Å². The summed E-state index contributed by atoms with van der Waals surface area (Å²) >= 11 is 9.71. The van der Waals surface area contributed by atoms with Crippen molar-refractivity contribution in [2.45, 2.75) is 0 Å². The smallest absolute Gasteiger partial charge is 0.270 e. The SMILES string of the molecule is O=C1NC(=S)N(c2ccccc2F)C(=O)/C1=C/c1ccc(Br)s1. The number of amides is 2. The van der Waals surface area contributed by atoms with Crippen molar-refractivity contribution in [2.75, 3.05) is 4.90 Å². The number of anilines is 1. The molecule has 0 bridgehead atoms. The zero-order chi connectivity index (χ0) is 16.6.